The summed E-state index contributed by atoms with van der Waals surface area (Å²) in [6, 6.07) is 8.82. The second-order valence-electron chi connectivity index (χ2n) is 9.63. The van der Waals surface area contributed by atoms with Gasteiger partial charge >= 0.3 is 22.1 Å². The Kier molecular flexibility index (Phi) is 10.4. The maximum absolute atomic E-state index is 13.9. The summed E-state index contributed by atoms with van der Waals surface area (Å²) in [7, 11) is -2.68. The number of nitrogen functional groups attached to an aromatic ring is 1. The van der Waals surface area contributed by atoms with Gasteiger partial charge in [0.15, 0.2) is 0 Å². The van der Waals surface area contributed by atoms with E-state index >= 15 is 0 Å². The van der Waals surface area contributed by atoms with Crippen LogP contribution in [0.25, 0.3) is 0 Å². The van der Waals surface area contributed by atoms with E-state index in [1.54, 1.807) is 0 Å². The van der Waals surface area contributed by atoms with Crippen LogP contribution in [0.2, 0.25) is 0 Å². The van der Waals surface area contributed by atoms with Crippen molar-refractivity contribution in [1.29, 1.82) is 5.41 Å². The highest BCUT2D eigenvalue weighted by molar-refractivity contribution is 7.86. The molecule has 16 heteroatoms. The third-order valence-electron chi connectivity index (χ3n) is 6.45. The molecule has 0 aliphatic carbocycles. The molecule has 1 saturated heterocycles. The second-order valence-corrected chi connectivity index (χ2v) is 11.2. The average molecular weight is 618 g/mol. The Morgan fingerprint density at radius 3 is 2.21 bits per heavy atom. The standard InChI is InChI=1S/C27H31N5O10S/c1-41-23(35)14-21-27(38)31(15-22(33)34)11-12-32(21)26(37)20(13-16-3-9-19(10-4-16)42-43(2,39)40)30-25(36)18-7-5-17(6-8-18)24(28)29/h3-10,20-21H,11-15H2,1-2H3,(H3,28,29)(H,30,36)(H,33,34)/t20-,21-/m0/s1. The van der Waals surface area contributed by atoms with Crippen molar-refractivity contribution in [3.05, 3.63) is 65.2 Å². The first kappa shape index (κ1) is 32.5. The average Bonchev–Trinajstić information content (AvgIpc) is 2.94. The first-order valence-electron chi connectivity index (χ1n) is 12.8. The molecule has 0 bridgehead atoms. The SMILES string of the molecule is COC(=O)C[C@H]1C(=O)N(CC(=O)O)CCN1C(=O)[C@H](Cc1ccc(OS(C)(=O)=O)cc1)NC(=O)c1ccc(C(=N)N)cc1. The van der Waals surface area contributed by atoms with Crippen molar-refractivity contribution in [2.75, 3.05) is 33.0 Å². The molecule has 1 fully saturated rings. The number of benzene rings is 2. The molecule has 0 spiro atoms. The quantitative estimate of drug-likeness (QED) is 0.101. The van der Waals surface area contributed by atoms with Crippen molar-refractivity contribution in [1.82, 2.24) is 15.1 Å². The number of amides is 3. The molecule has 5 N–H and O–H groups in total. The number of piperazine rings is 1. The molecular weight excluding hydrogens is 586 g/mol. The Morgan fingerprint density at radius 1 is 1.07 bits per heavy atom. The van der Waals surface area contributed by atoms with Crippen LogP contribution in [0.5, 0.6) is 5.75 Å². The summed E-state index contributed by atoms with van der Waals surface area (Å²) in [4.78, 5) is 65.9. The summed E-state index contributed by atoms with van der Waals surface area (Å²) < 4.78 is 32.4. The smallest absolute Gasteiger partial charge is 0.323 e. The number of nitrogens with zero attached hydrogens (tertiary/aromatic N) is 2. The van der Waals surface area contributed by atoms with E-state index in [-0.39, 0.29) is 36.7 Å². The summed E-state index contributed by atoms with van der Waals surface area (Å²) in [5.74, 6) is -4.39. The van der Waals surface area contributed by atoms with E-state index in [1.807, 2.05) is 0 Å². The van der Waals surface area contributed by atoms with Crippen LogP contribution in [0, 0.1) is 5.41 Å². The van der Waals surface area contributed by atoms with Gasteiger partial charge in [0.05, 0.1) is 19.8 Å². The lowest BCUT2D eigenvalue weighted by Gasteiger charge is -2.41. The predicted octanol–water partition coefficient (Wildman–Crippen LogP) is -0.663. The Balaban J connectivity index is 1.93. The van der Waals surface area contributed by atoms with Crippen LogP contribution in [-0.2, 0) is 40.5 Å². The topological polar surface area (TPSA) is 227 Å². The van der Waals surface area contributed by atoms with Crippen LogP contribution in [0.4, 0.5) is 0 Å². The minimum absolute atomic E-state index is 0.0296. The van der Waals surface area contributed by atoms with Crippen LogP contribution < -0.4 is 15.2 Å². The molecular formula is C27H31N5O10S. The van der Waals surface area contributed by atoms with Gasteiger partial charge in [-0.3, -0.25) is 29.4 Å². The Labute approximate surface area is 247 Å². The Bertz CT molecular complexity index is 1510. The van der Waals surface area contributed by atoms with Crippen molar-refractivity contribution < 1.29 is 46.4 Å². The van der Waals surface area contributed by atoms with E-state index in [9.17, 15) is 37.5 Å². The number of nitrogens with one attached hydrogen (secondary N) is 2. The molecule has 2 atom stereocenters. The fourth-order valence-corrected chi connectivity index (χ4v) is 4.86. The molecule has 3 rings (SSSR count). The lowest BCUT2D eigenvalue weighted by atomic mass is 10.0. The van der Waals surface area contributed by atoms with Gasteiger partial charge in [0.2, 0.25) is 11.8 Å². The van der Waals surface area contributed by atoms with Crippen molar-refractivity contribution in [2.24, 2.45) is 5.73 Å². The molecule has 0 aromatic heterocycles. The third-order valence-corrected chi connectivity index (χ3v) is 6.95. The van der Waals surface area contributed by atoms with E-state index in [0.717, 1.165) is 23.2 Å². The molecule has 0 radical (unpaired) electrons. The van der Waals surface area contributed by atoms with E-state index in [2.05, 4.69) is 10.1 Å². The fourth-order valence-electron chi connectivity index (χ4n) is 4.40. The molecule has 3 amide bonds. The van der Waals surface area contributed by atoms with Crippen LogP contribution in [0.1, 0.15) is 27.9 Å². The zero-order chi connectivity index (χ0) is 31.9. The van der Waals surface area contributed by atoms with Gasteiger partial charge in [0, 0.05) is 30.6 Å². The highest BCUT2D eigenvalue weighted by atomic mass is 32.2. The number of carboxylic acid groups (broad SMARTS) is 1. The van der Waals surface area contributed by atoms with E-state index in [1.165, 1.54) is 48.5 Å². The third kappa shape index (κ3) is 9.00. The number of nitrogens with two attached hydrogens (primary N) is 1. The number of aliphatic carboxylic acids is 1. The molecule has 1 heterocycles. The molecule has 2 aromatic rings. The van der Waals surface area contributed by atoms with Gasteiger partial charge in [-0.25, -0.2) is 0 Å². The Hall–Kier alpha value is -4.99. The zero-order valence-electron chi connectivity index (χ0n) is 23.3. The predicted molar refractivity (Wildman–Crippen MR) is 151 cm³/mol. The number of esters is 1. The molecule has 43 heavy (non-hydrogen) atoms. The van der Waals surface area contributed by atoms with Crippen molar-refractivity contribution in [3.8, 4) is 5.75 Å². The number of carbonyl (C=O) groups is 5. The van der Waals surface area contributed by atoms with Crippen molar-refractivity contribution >= 4 is 45.6 Å². The maximum Gasteiger partial charge on any atom is 0.323 e. The fraction of sp³-hybridized carbons (Fsp3) is 0.333. The second kappa shape index (κ2) is 13.8. The first-order chi connectivity index (χ1) is 20.2. The highest BCUT2D eigenvalue weighted by Crippen LogP contribution is 2.20. The largest absolute Gasteiger partial charge is 0.480 e. The molecule has 1 aliphatic heterocycles. The van der Waals surface area contributed by atoms with Gasteiger partial charge in [0.1, 0.15) is 30.2 Å². The van der Waals surface area contributed by atoms with Crippen LogP contribution >= 0.6 is 0 Å². The van der Waals surface area contributed by atoms with Gasteiger partial charge < -0.3 is 34.9 Å². The number of methoxy groups -OCH3 is 1. The van der Waals surface area contributed by atoms with Gasteiger partial charge in [-0.15, -0.1) is 0 Å². The minimum atomic E-state index is -3.78. The summed E-state index contributed by atoms with van der Waals surface area (Å²) in [6.07, 6.45) is 0.238. The maximum atomic E-state index is 13.9. The molecule has 0 unspecified atom stereocenters. The number of amidine groups is 1. The summed E-state index contributed by atoms with van der Waals surface area (Å²) >= 11 is 0. The summed E-state index contributed by atoms with van der Waals surface area (Å²) in [5.41, 5.74) is 6.49. The number of hydrogen-bond donors (Lipinski definition) is 4. The van der Waals surface area contributed by atoms with Gasteiger partial charge in [-0.2, -0.15) is 8.42 Å². The number of rotatable bonds is 12. The number of hydrogen-bond acceptors (Lipinski definition) is 10. The Morgan fingerprint density at radius 2 is 1.67 bits per heavy atom. The van der Waals surface area contributed by atoms with Crippen molar-refractivity contribution in [3.63, 3.8) is 0 Å². The summed E-state index contributed by atoms with van der Waals surface area (Å²) in [5, 5.41) is 19.4. The lowest BCUT2D eigenvalue weighted by molar-refractivity contribution is -0.159. The van der Waals surface area contributed by atoms with E-state index in [0.29, 0.717) is 11.1 Å². The number of carbonyl (C=O) groups excluding carboxylic acids is 4. The van der Waals surface area contributed by atoms with Gasteiger partial charge in [-0.1, -0.05) is 24.3 Å². The molecule has 0 saturated carbocycles. The van der Waals surface area contributed by atoms with E-state index in [4.69, 9.17) is 15.3 Å². The zero-order valence-corrected chi connectivity index (χ0v) is 24.1. The number of ether oxygens (including phenoxy) is 1. The van der Waals surface area contributed by atoms with Crippen LogP contribution in [0.3, 0.4) is 0 Å². The minimum Gasteiger partial charge on any atom is -0.480 e. The first-order valence-corrected chi connectivity index (χ1v) is 14.6. The van der Waals surface area contributed by atoms with Gasteiger partial charge in [0.25, 0.3) is 5.91 Å². The van der Waals surface area contributed by atoms with Crippen molar-refractivity contribution in [2.45, 2.75) is 24.9 Å². The summed E-state index contributed by atoms with van der Waals surface area (Å²) in [6.45, 7) is -0.879. The lowest BCUT2D eigenvalue weighted by Crippen LogP contribution is -2.63. The monoisotopic (exact) mass is 617 g/mol. The molecule has 1 aliphatic rings. The van der Waals surface area contributed by atoms with Crippen LogP contribution in [-0.4, -0.2) is 104 Å². The van der Waals surface area contributed by atoms with E-state index < -0.39 is 64.8 Å². The molecule has 2 aromatic carbocycles. The van der Waals surface area contributed by atoms with Crippen LogP contribution in [0.15, 0.2) is 48.5 Å². The number of carboxylic acids is 1. The molecule has 15 nitrogen and oxygen atoms in total. The normalized spacial score (nSPS) is 15.8. The molecule has 230 valence electrons. The van der Waals surface area contributed by atoms with Gasteiger partial charge in [-0.05, 0) is 29.8 Å². The highest BCUT2D eigenvalue weighted by Gasteiger charge is 2.42.